The van der Waals surface area contributed by atoms with E-state index in [0.717, 1.165) is 13.8 Å². The van der Waals surface area contributed by atoms with Gasteiger partial charge in [0, 0.05) is 23.7 Å². The average Bonchev–Trinajstić information content (AvgIpc) is 2.37. The summed E-state index contributed by atoms with van der Waals surface area (Å²) in [4.78, 5) is 27.6. The Morgan fingerprint density at radius 3 is 2.05 bits per heavy atom. The lowest BCUT2D eigenvalue weighted by molar-refractivity contribution is -0.228. The molecule has 5 atom stereocenters. The average molecular weight is 298 g/mol. The molecule has 0 bridgehead atoms. The first-order chi connectivity index (χ1) is 9.90. The molecular formula is C10H14N6O5. The van der Waals surface area contributed by atoms with Crippen LogP contribution in [0.3, 0.4) is 0 Å². The van der Waals surface area contributed by atoms with Crippen LogP contribution >= 0.6 is 0 Å². The zero-order valence-corrected chi connectivity index (χ0v) is 11.6. The lowest BCUT2D eigenvalue weighted by Crippen LogP contribution is -2.57. The molecule has 1 aliphatic heterocycles. The number of carbonyl (C=O) groups excluding carboxylic acids is 2. The second-order valence-electron chi connectivity index (χ2n) is 4.28. The standard InChI is InChI=1S/C10H14N6O5/c1-4-7(13-15-11)9(20-5(2)17)8(14-16-12)10(19-4)21-6(3)18/h4,7-10H,1-3H3/t4-,7+,8+,9+,10+/m0/s1. The van der Waals surface area contributed by atoms with E-state index in [9.17, 15) is 9.59 Å². The van der Waals surface area contributed by atoms with Crippen LogP contribution in [-0.4, -0.2) is 42.5 Å². The number of ether oxygens (including phenoxy) is 3. The highest BCUT2D eigenvalue weighted by Crippen LogP contribution is 2.29. The third-order valence-corrected chi connectivity index (χ3v) is 2.74. The Morgan fingerprint density at radius 2 is 1.57 bits per heavy atom. The van der Waals surface area contributed by atoms with E-state index in [-0.39, 0.29) is 0 Å². The Morgan fingerprint density at radius 1 is 1.05 bits per heavy atom. The number of esters is 2. The smallest absolute Gasteiger partial charge is 0.304 e. The summed E-state index contributed by atoms with van der Waals surface area (Å²) in [5.41, 5.74) is 17.2. The molecule has 1 rings (SSSR count). The van der Waals surface area contributed by atoms with E-state index in [4.69, 9.17) is 25.3 Å². The number of carbonyl (C=O) groups is 2. The summed E-state index contributed by atoms with van der Waals surface area (Å²) in [7, 11) is 0. The highest BCUT2D eigenvalue weighted by Gasteiger charge is 2.47. The second-order valence-corrected chi connectivity index (χ2v) is 4.28. The molecule has 1 aliphatic rings. The molecule has 0 aliphatic carbocycles. The van der Waals surface area contributed by atoms with Gasteiger partial charge in [-0.25, -0.2) is 0 Å². The van der Waals surface area contributed by atoms with Gasteiger partial charge >= 0.3 is 11.9 Å². The van der Waals surface area contributed by atoms with Crippen molar-refractivity contribution in [3.63, 3.8) is 0 Å². The van der Waals surface area contributed by atoms with Gasteiger partial charge in [0.05, 0.1) is 6.10 Å². The largest absolute Gasteiger partial charge is 0.461 e. The van der Waals surface area contributed by atoms with Crippen molar-refractivity contribution in [1.82, 2.24) is 0 Å². The van der Waals surface area contributed by atoms with Crippen molar-refractivity contribution in [1.29, 1.82) is 0 Å². The number of hydrogen-bond donors (Lipinski definition) is 0. The van der Waals surface area contributed by atoms with Gasteiger partial charge < -0.3 is 14.2 Å². The first-order valence-electron chi connectivity index (χ1n) is 5.99. The molecule has 0 aromatic rings. The van der Waals surface area contributed by atoms with Crippen LogP contribution in [0.15, 0.2) is 10.2 Å². The SMILES string of the molecule is CC(=O)O[C@H]1O[C@@H](C)[C@@H](N=[N+]=[N-])[C@@H](OC(C)=O)[C@H]1N=[N+]=[N-]. The van der Waals surface area contributed by atoms with Gasteiger partial charge in [0.2, 0.25) is 6.29 Å². The Bertz CT molecular complexity index is 512. The minimum atomic E-state index is -1.23. The highest BCUT2D eigenvalue weighted by molar-refractivity contribution is 5.67. The third kappa shape index (κ3) is 4.25. The predicted octanol–water partition coefficient (Wildman–Crippen LogP) is 1.58. The fourth-order valence-electron chi connectivity index (χ4n) is 1.99. The van der Waals surface area contributed by atoms with Gasteiger partial charge in [-0.05, 0) is 18.0 Å². The van der Waals surface area contributed by atoms with Crippen LogP contribution < -0.4 is 0 Å². The summed E-state index contributed by atoms with van der Waals surface area (Å²) in [5.74, 6) is -1.32. The van der Waals surface area contributed by atoms with Crippen molar-refractivity contribution in [2.45, 2.75) is 51.4 Å². The van der Waals surface area contributed by atoms with Crippen molar-refractivity contribution in [3.05, 3.63) is 20.9 Å². The molecule has 1 saturated heterocycles. The van der Waals surface area contributed by atoms with Crippen molar-refractivity contribution in [2.75, 3.05) is 0 Å². The first-order valence-corrected chi connectivity index (χ1v) is 5.99. The molecule has 0 saturated carbocycles. The molecule has 11 nitrogen and oxygen atoms in total. The number of rotatable bonds is 4. The fraction of sp³-hybridized carbons (Fsp3) is 0.800. The fourth-order valence-corrected chi connectivity index (χ4v) is 1.99. The maximum Gasteiger partial charge on any atom is 0.304 e. The monoisotopic (exact) mass is 298 g/mol. The van der Waals surface area contributed by atoms with E-state index >= 15 is 0 Å². The lowest BCUT2D eigenvalue weighted by atomic mass is 9.96. The van der Waals surface area contributed by atoms with E-state index in [0.29, 0.717) is 0 Å². The van der Waals surface area contributed by atoms with Gasteiger partial charge in [0.15, 0.2) is 0 Å². The van der Waals surface area contributed by atoms with Crippen LogP contribution in [0.5, 0.6) is 0 Å². The van der Waals surface area contributed by atoms with E-state index in [1.165, 1.54) is 0 Å². The summed E-state index contributed by atoms with van der Waals surface area (Å²) in [6, 6.07) is -2.07. The van der Waals surface area contributed by atoms with Gasteiger partial charge in [0.1, 0.15) is 18.2 Å². The van der Waals surface area contributed by atoms with Crippen LogP contribution in [0, 0.1) is 0 Å². The maximum absolute atomic E-state index is 11.2. The van der Waals surface area contributed by atoms with E-state index in [2.05, 4.69) is 20.1 Å². The number of hydrogen-bond acceptors (Lipinski definition) is 7. The molecule has 0 amide bonds. The van der Waals surface area contributed by atoms with E-state index in [1.54, 1.807) is 6.92 Å². The van der Waals surface area contributed by atoms with Crippen molar-refractivity contribution >= 4 is 11.9 Å². The van der Waals surface area contributed by atoms with Crippen LogP contribution in [0.25, 0.3) is 20.9 Å². The molecule has 0 aromatic heterocycles. The zero-order chi connectivity index (χ0) is 16.0. The Labute approximate surface area is 119 Å². The molecule has 0 spiro atoms. The minimum absolute atomic E-state index is 0.658. The van der Waals surface area contributed by atoms with Crippen LogP contribution in [0.1, 0.15) is 20.8 Å². The molecule has 0 unspecified atom stereocenters. The van der Waals surface area contributed by atoms with Crippen LogP contribution in [-0.2, 0) is 23.8 Å². The van der Waals surface area contributed by atoms with Crippen molar-refractivity contribution in [3.8, 4) is 0 Å². The normalized spacial score (nSPS) is 31.3. The van der Waals surface area contributed by atoms with E-state index in [1.807, 2.05) is 0 Å². The predicted molar refractivity (Wildman–Crippen MR) is 67.5 cm³/mol. The molecule has 0 radical (unpaired) electrons. The highest BCUT2D eigenvalue weighted by atomic mass is 16.7. The molecule has 114 valence electrons. The lowest BCUT2D eigenvalue weighted by Gasteiger charge is -2.40. The topological polar surface area (TPSA) is 159 Å². The van der Waals surface area contributed by atoms with Gasteiger partial charge in [-0.2, -0.15) is 0 Å². The molecule has 11 heteroatoms. The molecule has 0 aromatic carbocycles. The second kappa shape index (κ2) is 7.34. The van der Waals surface area contributed by atoms with Gasteiger partial charge in [-0.15, -0.1) is 0 Å². The zero-order valence-electron chi connectivity index (χ0n) is 11.6. The van der Waals surface area contributed by atoms with Crippen molar-refractivity contribution in [2.24, 2.45) is 10.2 Å². The van der Waals surface area contributed by atoms with Gasteiger partial charge in [-0.3, -0.25) is 9.59 Å². The van der Waals surface area contributed by atoms with Gasteiger partial charge in [-0.1, -0.05) is 10.2 Å². The Hall–Kier alpha value is -2.48. The molecular weight excluding hydrogens is 284 g/mol. The molecule has 0 N–H and O–H groups in total. The molecule has 21 heavy (non-hydrogen) atoms. The third-order valence-electron chi connectivity index (χ3n) is 2.74. The number of azide groups is 2. The summed E-state index contributed by atoms with van der Waals surface area (Å²) in [5, 5.41) is 6.94. The summed E-state index contributed by atoms with van der Waals surface area (Å²) in [6.45, 7) is 3.86. The molecule has 1 heterocycles. The van der Waals surface area contributed by atoms with E-state index < -0.39 is 42.5 Å². The quantitative estimate of drug-likeness (QED) is 0.333. The summed E-state index contributed by atoms with van der Waals surface area (Å²) >= 11 is 0. The van der Waals surface area contributed by atoms with Gasteiger partial charge in [0.25, 0.3) is 0 Å². The van der Waals surface area contributed by atoms with Crippen LogP contribution in [0.4, 0.5) is 0 Å². The number of nitrogens with zero attached hydrogens (tertiary/aromatic N) is 6. The molecule has 1 fully saturated rings. The summed E-state index contributed by atoms with van der Waals surface area (Å²) < 4.78 is 15.4. The Balaban J connectivity index is 3.18. The summed E-state index contributed by atoms with van der Waals surface area (Å²) in [6.07, 6.45) is -3.04. The Kier molecular flexibility index (Phi) is 5.79. The first kappa shape index (κ1) is 16.6. The minimum Gasteiger partial charge on any atom is -0.461 e. The van der Waals surface area contributed by atoms with Crippen molar-refractivity contribution < 1.29 is 23.8 Å². The van der Waals surface area contributed by atoms with Crippen LogP contribution in [0.2, 0.25) is 0 Å². The maximum atomic E-state index is 11.2.